The maximum atomic E-state index is 12.3. The van der Waals surface area contributed by atoms with Gasteiger partial charge in [0.15, 0.2) is 0 Å². The van der Waals surface area contributed by atoms with Crippen LogP contribution in [0, 0.1) is 11.3 Å². The minimum Gasteiger partial charge on any atom is -0.343 e. The highest BCUT2D eigenvalue weighted by atomic mass is 16.2. The van der Waals surface area contributed by atoms with Crippen LogP contribution in [0.25, 0.3) is 10.9 Å². The van der Waals surface area contributed by atoms with Gasteiger partial charge in [0.1, 0.15) is 11.9 Å². The van der Waals surface area contributed by atoms with Crippen LogP contribution in [0.4, 0.5) is 26.8 Å². The first-order valence-corrected chi connectivity index (χ1v) is 11.7. The third-order valence-electron chi connectivity index (χ3n) is 5.93. The minimum atomic E-state index is -0.340. The number of nitriles is 1. The molecule has 0 saturated carbocycles. The maximum Gasteiger partial charge on any atom is 0.325 e. The number of nitrogens with one attached hydrogen (secondary N) is 3. The van der Waals surface area contributed by atoms with Crippen molar-refractivity contribution in [2.75, 3.05) is 50.5 Å². The van der Waals surface area contributed by atoms with Gasteiger partial charge in [-0.1, -0.05) is 13.8 Å². The molecule has 0 aliphatic carbocycles. The van der Waals surface area contributed by atoms with Crippen LogP contribution in [-0.2, 0) is 0 Å². The van der Waals surface area contributed by atoms with Gasteiger partial charge >= 0.3 is 12.1 Å². The van der Waals surface area contributed by atoms with Crippen molar-refractivity contribution in [1.29, 1.82) is 5.26 Å². The smallest absolute Gasteiger partial charge is 0.325 e. The average molecular weight is 477 g/mol. The van der Waals surface area contributed by atoms with E-state index >= 15 is 0 Å². The highest BCUT2D eigenvalue weighted by molar-refractivity contribution is 5.94. The van der Waals surface area contributed by atoms with E-state index in [9.17, 15) is 14.9 Å². The molecule has 2 aromatic heterocycles. The Morgan fingerprint density at radius 1 is 1.17 bits per heavy atom. The number of fused-ring (bicyclic) bond motifs is 1. The van der Waals surface area contributed by atoms with Crippen LogP contribution in [-0.4, -0.2) is 66.8 Å². The zero-order valence-electron chi connectivity index (χ0n) is 20.6. The van der Waals surface area contributed by atoms with E-state index < -0.39 is 0 Å². The number of carbonyl (C=O) groups excluding carboxylic acids is 2. The van der Waals surface area contributed by atoms with Crippen molar-refractivity contribution in [3.63, 3.8) is 0 Å². The molecule has 0 aliphatic rings. The summed E-state index contributed by atoms with van der Waals surface area (Å²) in [7, 11) is 3.42. The maximum absolute atomic E-state index is 12.3. The first kappa shape index (κ1) is 25.5. The van der Waals surface area contributed by atoms with Gasteiger partial charge in [-0.25, -0.2) is 14.6 Å². The van der Waals surface area contributed by atoms with E-state index in [0.717, 1.165) is 42.6 Å². The number of hydrogen-bond donors (Lipinski definition) is 3. The fourth-order valence-corrected chi connectivity index (χ4v) is 3.86. The Kier molecular flexibility index (Phi) is 8.64. The standard InChI is InChI=1S/C25H32N8O2/c1-5-32(6-2)12-7-11-28-24(34)30-23-15-22(19(16-26)17-29-23)31(4)20-8-9-21-18(14-20)10-13-33(21)25(35)27-3/h8-10,13-15,17H,5-7,11-12H2,1-4H3,(H,27,35)(H2,28,29,30,34). The lowest BCUT2D eigenvalue weighted by Crippen LogP contribution is -2.32. The third-order valence-corrected chi connectivity index (χ3v) is 5.93. The number of anilines is 3. The Hall–Kier alpha value is -4.10. The molecule has 0 fully saturated rings. The number of carbonyl (C=O) groups is 2. The summed E-state index contributed by atoms with van der Waals surface area (Å²) in [5.74, 6) is 0.346. The number of aromatic nitrogens is 2. The van der Waals surface area contributed by atoms with Crippen LogP contribution in [0.2, 0.25) is 0 Å². The normalized spacial score (nSPS) is 10.7. The van der Waals surface area contributed by atoms with Crippen molar-refractivity contribution in [3.05, 3.63) is 48.3 Å². The van der Waals surface area contributed by atoms with Gasteiger partial charge in [0.25, 0.3) is 0 Å². The van der Waals surface area contributed by atoms with E-state index in [1.54, 1.807) is 19.3 Å². The molecule has 0 unspecified atom stereocenters. The van der Waals surface area contributed by atoms with Gasteiger partial charge < -0.3 is 20.4 Å². The summed E-state index contributed by atoms with van der Waals surface area (Å²) in [6.07, 6.45) is 4.01. The van der Waals surface area contributed by atoms with Crippen LogP contribution in [0.3, 0.4) is 0 Å². The molecule has 35 heavy (non-hydrogen) atoms. The second-order valence-corrected chi connectivity index (χ2v) is 8.00. The van der Waals surface area contributed by atoms with Crippen molar-refractivity contribution in [2.24, 2.45) is 0 Å². The summed E-state index contributed by atoms with van der Waals surface area (Å²) in [5.41, 5.74) is 2.57. The van der Waals surface area contributed by atoms with Crippen LogP contribution < -0.4 is 20.9 Å². The first-order chi connectivity index (χ1) is 16.9. The largest absolute Gasteiger partial charge is 0.343 e. The molecule has 0 saturated heterocycles. The number of benzene rings is 1. The van der Waals surface area contributed by atoms with Crippen LogP contribution >= 0.6 is 0 Å². The number of hydrogen-bond acceptors (Lipinski definition) is 6. The first-order valence-electron chi connectivity index (χ1n) is 11.7. The summed E-state index contributed by atoms with van der Waals surface area (Å²) >= 11 is 0. The Labute approximate surface area is 205 Å². The summed E-state index contributed by atoms with van der Waals surface area (Å²) in [6, 6.07) is 10.8. The van der Waals surface area contributed by atoms with E-state index in [0.29, 0.717) is 23.6 Å². The highest BCUT2D eigenvalue weighted by Gasteiger charge is 2.15. The fraction of sp³-hybridized carbons (Fsp3) is 0.360. The molecule has 0 aliphatic heterocycles. The van der Waals surface area contributed by atoms with E-state index in [4.69, 9.17) is 0 Å². The number of nitrogens with zero attached hydrogens (tertiary/aromatic N) is 5. The molecular weight excluding hydrogens is 444 g/mol. The zero-order valence-corrected chi connectivity index (χ0v) is 20.6. The molecule has 0 bridgehead atoms. The molecule has 3 amide bonds. The number of amides is 3. The lowest BCUT2D eigenvalue weighted by molar-refractivity contribution is 0.245. The van der Waals surface area contributed by atoms with Crippen molar-refractivity contribution >= 4 is 40.2 Å². The van der Waals surface area contributed by atoms with Crippen molar-refractivity contribution in [1.82, 2.24) is 25.1 Å². The third kappa shape index (κ3) is 6.07. The molecule has 2 heterocycles. The van der Waals surface area contributed by atoms with E-state index in [-0.39, 0.29) is 12.1 Å². The Morgan fingerprint density at radius 2 is 1.94 bits per heavy atom. The predicted octanol–water partition coefficient (Wildman–Crippen LogP) is 3.72. The van der Waals surface area contributed by atoms with E-state index in [1.165, 1.54) is 10.8 Å². The molecule has 3 N–H and O–H groups in total. The molecule has 0 spiro atoms. The summed E-state index contributed by atoms with van der Waals surface area (Å²) in [5, 5.41) is 18.7. The lowest BCUT2D eigenvalue weighted by atomic mass is 10.1. The Balaban J connectivity index is 1.73. The zero-order chi connectivity index (χ0) is 25.4. The van der Waals surface area contributed by atoms with Gasteiger partial charge in [-0.05, 0) is 50.3 Å². The summed E-state index contributed by atoms with van der Waals surface area (Å²) < 4.78 is 1.54. The lowest BCUT2D eigenvalue weighted by Gasteiger charge is -2.21. The van der Waals surface area contributed by atoms with Gasteiger partial charge in [-0.2, -0.15) is 5.26 Å². The van der Waals surface area contributed by atoms with Crippen LogP contribution in [0.15, 0.2) is 42.7 Å². The molecule has 3 rings (SSSR count). The van der Waals surface area contributed by atoms with Crippen LogP contribution in [0.5, 0.6) is 0 Å². The second kappa shape index (κ2) is 11.9. The Morgan fingerprint density at radius 3 is 2.63 bits per heavy atom. The highest BCUT2D eigenvalue weighted by Crippen LogP contribution is 2.31. The van der Waals surface area contributed by atoms with Gasteiger partial charge in [0.05, 0.1) is 16.8 Å². The molecule has 0 radical (unpaired) electrons. The number of urea groups is 1. The van der Waals surface area contributed by atoms with Crippen molar-refractivity contribution in [2.45, 2.75) is 20.3 Å². The van der Waals surface area contributed by atoms with E-state index in [1.807, 2.05) is 36.2 Å². The predicted molar refractivity (Wildman–Crippen MR) is 138 cm³/mol. The minimum absolute atomic E-state index is 0.218. The molecule has 184 valence electrons. The Bertz CT molecular complexity index is 1230. The fourth-order valence-electron chi connectivity index (χ4n) is 3.86. The molecule has 1 aromatic carbocycles. The second-order valence-electron chi connectivity index (χ2n) is 8.00. The SMILES string of the molecule is CCN(CC)CCCNC(=O)Nc1cc(N(C)c2ccc3c(ccn3C(=O)NC)c2)c(C#N)cn1. The average Bonchev–Trinajstić information content (AvgIpc) is 3.31. The van der Waals surface area contributed by atoms with Crippen LogP contribution in [0.1, 0.15) is 25.8 Å². The quantitative estimate of drug-likeness (QED) is 0.405. The molecule has 10 nitrogen and oxygen atoms in total. The van der Waals surface area contributed by atoms with Gasteiger partial charge in [-0.15, -0.1) is 0 Å². The number of rotatable bonds is 9. The van der Waals surface area contributed by atoms with E-state index in [2.05, 4.69) is 45.8 Å². The van der Waals surface area contributed by atoms with Gasteiger partial charge in [-0.3, -0.25) is 9.88 Å². The summed E-state index contributed by atoms with van der Waals surface area (Å²) in [4.78, 5) is 32.7. The van der Waals surface area contributed by atoms with Gasteiger partial charge in [0, 0.05) is 50.2 Å². The number of pyridine rings is 1. The van der Waals surface area contributed by atoms with Gasteiger partial charge in [0.2, 0.25) is 0 Å². The molecule has 3 aromatic rings. The summed E-state index contributed by atoms with van der Waals surface area (Å²) in [6.45, 7) is 7.69. The van der Waals surface area contributed by atoms with Crippen molar-refractivity contribution in [3.8, 4) is 6.07 Å². The topological polar surface area (TPSA) is 118 Å². The van der Waals surface area contributed by atoms with Crippen molar-refractivity contribution < 1.29 is 9.59 Å². The monoisotopic (exact) mass is 476 g/mol. The molecular formula is C25H32N8O2. The molecule has 10 heteroatoms. The molecule has 0 atom stereocenters.